The molecule has 0 aliphatic heterocycles. The fraction of sp³-hybridized carbons (Fsp3) is 0.562. The molecule has 104 valence electrons. The van der Waals surface area contributed by atoms with Crippen LogP contribution in [0.2, 0.25) is 0 Å². The number of benzene rings is 1. The number of hydrogen-bond donors (Lipinski definition) is 1. The molecule has 0 amide bonds. The van der Waals surface area contributed by atoms with Crippen molar-refractivity contribution >= 4 is 5.97 Å². The van der Waals surface area contributed by atoms with Crippen molar-refractivity contribution in [3.05, 3.63) is 29.3 Å². The Labute approximate surface area is 114 Å². The summed E-state index contributed by atoms with van der Waals surface area (Å²) in [5.74, 6) is 0.586. The second-order valence-corrected chi connectivity index (χ2v) is 5.42. The molecule has 1 saturated carbocycles. The van der Waals surface area contributed by atoms with E-state index in [9.17, 15) is 4.79 Å². The molecule has 0 saturated heterocycles. The largest absolute Gasteiger partial charge is 0.494 e. The number of rotatable bonds is 7. The van der Waals surface area contributed by atoms with Crippen LogP contribution in [0.1, 0.15) is 37.3 Å². The zero-order chi connectivity index (χ0) is 13.8. The summed E-state index contributed by atoms with van der Waals surface area (Å²) in [5, 5.41) is 8.88. The summed E-state index contributed by atoms with van der Waals surface area (Å²) in [6, 6.07) is 6.20. The number of carboxylic acid groups (broad SMARTS) is 1. The summed E-state index contributed by atoms with van der Waals surface area (Å²) in [4.78, 5) is 10.8. The van der Waals surface area contributed by atoms with Gasteiger partial charge < -0.3 is 9.84 Å². The van der Waals surface area contributed by atoms with Crippen molar-refractivity contribution < 1.29 is 14.6 Å². The van der Waals surface area contributed by atoms with Crippen molar-refractivity contribution in [2.24, 2.45) is 11.8 Å². The molecule has 2 unspecified atom stereocenters. The molecule has 0 aromatic heterocycles. The predicted octanol–water partition coefficient (Wildman–Crippen LogP) is 3.44. The first-order chi connectivity index (χ1) is 9.11. The van der Waals surface area contributed by atoms with E-state index in [1.165, 1.54) is 11.1 Å². The van der Waals surface area contributed by atoms with E-state index in [0.717, 1.165) is 38.0 Å². The van der Waals surface area contributed by atoms with E-state index in [2.05, 4.69) is 26.0 Å². The number of carbonyl (C=O) groups is 1. The molecule has 3 heteroatoms. The molecule has 1 aromatic rings. The van der Waals surface area contributed by atoms with E-state index < -0.39 is 5.97 Å². The van der Waals surface area contributed by atoms with Crippen LogP contribution in [-0.4, -0.2) is 17.7 Å². The van der Waals surface area contributed by atoms with Gasteiger partial charge in [-0.3, -0.25) is 4.79 Å². The molecule has 1 aliphatic carbocycles. The molecular weight excluding hydrogens is 240 g/mol. The van der Waals surface area contributed by atoms with Crippen LogP contribution in [0.15, 0.2) is 18.2 Å². The molecule has 1 aromatic carbocycles. The molecule has 1 aliphatic rings. The maximum absolute atomic E-state index is 10.8. The molecule has 0 heterocycles. The highest BCUT2D eigenvalue weighted by Gasteiger charge is 2.42. The minimum Gasteiger partial charge on any atom is -0.494 e. The first-order valence-electron chi connectivity index (χ1n) is 7.07. The van der Waals surface area contributed by atoms with Gasteiger partial charge >= 0.3 is 5.97 Å². The van der Waals surface area contributed by atoms with Gasteiger partial charge in [0.05, 0.1) is 12.5 Å². The van der Waals surface area contributed by atoms with Gasteiger partial charge in [0.1, 0.15) is 5.75 Å². The highest BCUT2D eigenvalue weighted by Crippen LogP contribution is 2.42. The predicted molar refractivity (Wildman–Crippen MR) is 74.5 cm³/mol. The fourth-order valence-electron chi connectivity index (χ4n) is 2.47. The highest BCUT2D eigenvalue weighted by atomic mass is 16.5. The summed E-state index contributed by atoms with van der Waals surface area (Å²) in [6.07, 6.45) is 3.81. The van der Waals surface area contributed by atoms with E-state index in [-0.39, 0.29) is 5.92 Å². The van der Waals surface area contributed by atoms with Gasteiger partial charge in [-0.2, -0.15) is 0 Å². The molecular formula is C16H22O3. The van der Waals surface area contributed by atoms with Crippen LogP contribution in [-0.2, 0) is 11.2 Å². The normalized spacial score (nSPS) is 21.2. The lowest BCUT2D eigenvalue weighted by molar-refractivity contribution is -0.138. The maximum Gasteiger partial charge on any atom is 0.306 e. The lowest BCUT2D eigenvalue weighted by Gasteiger charge is -2.09. The Morgan fingerprint density at radius 3 is 2.84 bits per heavy atom. The SMILES string of the molecule is CCCOc1ccc(CCC2CC2C(=O)O)c(C)c1. The third kappa shape index (κ3) is 3.72. The second-order valence-electron chi connectivity index (χ2n) is 5.42. The number of hydrogen-bond acceptors (Lipinski definition) is 2. The second kappa shape index (κ2) is 6.09. The number of carboxylic acids is 1. The lowest BCUT2D eigenvalue weighted by atomic mass is 10.0. The third-order valence-electron chi connectivity index (χ3n) is 3.81. The number of aliphatic carboxylic acids is 1. The van der Waals surface area contributed by atoms with E-state index in [1.54, 1.807) is 0 Å². The van der Waals surface area contributed by atoms with E-state index in [0.29, 0.717) is 5.92 Å². The van der Waals surface area contributed by atoms with Gasteiger partial charge in [0.25, 0.3) is 0 Å². The van der Waals surface area contributed by atoms with Crippen molar-refractivity contribution in [3.63, 3.8) is 0 Å². The van der Waals surface area contributed by atoms with Gasteiger partial charge in [-0.25, -0.2) is 0 Å². The fourth-order valence-corrected chi connectivity index (χ4v) is 2.47. The Hall–Kier alpha value is -1.51. The smallest absolute Gasteiger partial charge is 0.306 e. The molecule has 0 radical (unpaired) electrons. The van der Waals surface area contributed by atoms with Gasteiger partial charge in [0.2, 0.25) is 0 Å². The van der Waals surface area contributed by atoms with E-state index in [4.69, 9.17) is 9.84 Å². The molecule has 1 fully saturated rings. The number of ether oxygens (including phenoxy) is 1. The minimum absolute atomic E-state index is 0.0903. The van der Waals surface area contributed by atoms with Crippen LogP contribution >= 0.6 is 0 Å². The van der Waals surface area contributed by atoms with Gasteiger partial charge in [-0.15, -0.1) is 0 Å². The van der Waals surface area contributed by atoms with Crippen molar-refractivity contribution in [1.82, 2.24) is 0 Å². The van der Waals surface area contributed by atoms with E-state index >= 15 is 0 Å². The minimum atomic E-state index is -0.634. The summed E-state index contributed by atoms with van der Waals surface area (Å²) >= 11 is 0. The molecule has 3 nitrogen and oxygen atoms in total. The zero-order valence-electron chi connectivity index (χ0n) is 11.7. The summed E-state index contributed by atoms with van der Waals surface area (Å²) in [7, 11) is 0. The van der Waals surface area contributed by atoms with Crippen LogP contribution in [0, 0.1) is 18.8 Å². The Balaban J connectivity index is 1.85. The van der Waals surface area contributed by atoms with Gasteiger partial charge in [0.15, 0.2) is 0 Å². The highest BCUT2D eigenvalue weighted by molar-refractivity contribution is 5.73. The Bertz CT molecular complexity index is 453. The van der Waals surface area contributed by atoms with Crippen molar-refractivity contribution in [2.75, 3.05) is 6.61 Å². The molecule has 1 N–H and O–H groups in total. The van der Waals surface area contributed by atoms with Crippen molar-refractivity contribution in [1.29, 1.82) is 0 Å². The summed E-state index contributed by atoms with van der Waals surface area (Å²) in [5.41, 5.74) is 2.54. The molecule has 0 bridgehead atoms. The monoisotopic (exact) mass is 262 g/mol. The summed E-state index contributed by atoms with van der Waals surface area (Å²) in [6.45, 7) is 4.94. The van der Waals surface area contributed by atoms with Crippen LogP contribution in [0.4, 0.5) is 0 Å². The first-order valence-corrected chi connectivity index (χ1v) is 7.07. The number of aryl methyl sites for hydroxylation is 2. The quantitative estimate of drug-likeness (QED) is 0.818. The Morgan fingerprint density at radius 1 is 1.47 bits per heavy atom. The van der Waals surface area contributed by atoms with Crippen molar-refractivity contribution in [3.8, 4) is 5.75 Å². The van der Waals surface area contributed by atoms with Gasteiger partial charge in [0, 0.05) is 0 Å². The third-order valence-corrected chi connectivity index (χ3v) is 3.81. The Kier molecular flexibility index (Phi) is 4.46. The molecule has 2 rings (SSSR count). The van der Waals surface area contributed by atoms with Crippen molar-refractivity contribution in [2.45, 2.75) is 39.5 Å². The average Bonchev–Trinajstić information content (AvgIpc) is 3.15. The molecule has 0 spiro atoms. The zero-order valence-corrected chi connectivity index (χ0v) is 11.7. The topological polar surface area (TPSA) is 46.5 Å². The van der Waals surface area contributed by atoms with Gasteiger partial charge in [-0.1, -0.05) is 13.0 Å². The van der Waals surface area contributed by atoms with Crippen LogP contribution < -0.4 is 4.74 Å². The van der Waals surface area contributed by atoms with Crippen LogP contribution in [0.3, 0.4) is 0 Å². The van der Waals surface area contributed by atoms with Crippen LogP contribution in [0.25, 0.3) is 0 Å². The van der Waals surface area contributed by atoms with Crippen LogP contribution in [0.5, 0.6) is 5.75 Å². The maximum atomic E-state index is 10.8. The van der Waals surface area contributed by atoms with Gasteiger partial charge in [-0.05, 0) is 61.8 Å². The molecule has 2 atom stereocenters. The standard InChI is InChI=1S/C16H22O3/c1-3-8-19-14-7-6-12(11(2)9-14)4-5-13-10-15(13)16(17)18/h6-7,9,13,15H,3-5,8,10H2,1-2H3,(H,17,18). The first kappa shape index (κ1) is 13.9. The van der Waals surface area contributed by atoms with E-state index in [1.807, 2.05) is 6.07 Å². The Morgan fingerprint density at radius 2 is 2.26 bits per heavy atom. The lowest BCUT2D eigenvalue weighted by Crippen LogP contribution is -2.01. The summed E-state index contributed by atoms with van der Waals surface area (Å²) < 4.78 is 5.60. The average molecular weight is 262 g/mol. The molecule has 19 heavy (non-hydrogen) atoms.